The topological polar surface area (TPSA) is 88.2 Å². The predicted molar refractivity (Wildman–Crippen MR) is 203 cm³/mol. The number of rotatable bonds is 13. The number of hydrogen-bond donors (Lipinski definition) is 0. The SMILES string of the molecule is CCN(CC)c1ccc2c(c1)Oc1cc(OC)c(N(c3ccc(OC)cc3OC)c3ccc(OC)cc3OC)cc1C2c1ccccc1C(=O)OC. The zero-order valence-electron chi connectivity index (χ0n) is 30.8. The van der Waals surface area contributed by atoms with Gasteiger partial charge in [-0.25, -0.2) is 4.79 Å². The molecule has 0 saturated heterocycles. The second-order valence-electron chi connectivity index (χ2n) is 12.0. The van der Waals surface area contributed by atoms with Gasteiger partial charge in [0.2, 0.25) is 0 Å². The molecule has 1 heterocycles. The van der Waals surface area contributed by atoms with E-state index in [0.717, 1.165) is 35.5 Å². The quantitative estimate of drug-likeness (QED) is 0.109. The molecule has 1 aliphatic rings. The van der Waals surface area contributed by atoms with Gasteiger partial charge in [-0.2, -0.15) is 0 Å². The van der Waals surface area contributed by atoms with Crippen LogP contribution in [0.3, 0.4) is 0 Å². The summed E-state index contributed by atoms with van der Waals surface area (Å²) in [4.78, 5) is 17.6. The number of carbonyl (C=O) groups excluding carboxylic acids is 1. The number of fused-ring (bicyclic) bond motifs is 2. The van der Waals surface area contributed by atoms with Crippen molar-refractivity contribution in [2.75, 3.05) is 65.5 Å². The van der Waals surface area contributed by atoms with E-state index in [4.69, 9.17) is 33.2 Å². The van der Waals surface area contributed by atoms with Crippen molar-refractivity contribution in [2.24, 2.45) is 0 Å². The third kappa shape index (κ3) is 6.48. The smallest absolute Gasteiger partial charge is 0.338 e. The van der Waals surface area contributed by atoms with Gasteiger partial charge < -0.3 is 38.1 Å². The van der Waals surface area contributed by atoms with Gasteiger partial charge >= 0.3 is 5.97 Å². The molecule has 5 aromatic carbocycles. The van der Waals surface area contributed by atoms with Gasteiger partial charge in [-0.3, -0.25) is 4.90 Å². The van der Waals surface area contributed by atoms with Crippen LogP contribution in [-0.4, -0.2) is 61.7 Å². The number of carbonyl (C=O) groups is 1. The second kappa shape index (κ2) is 15.5. The maximum absolute atomic E-state index is 13.3. The number of nitrogens with zero attached hydrogens (tertiary/aromatic N) is 2. The van der Waals surface area contributed by atoms with Gasteiger partial charge in [-0.1, -0.05) is 24.3 Å². The third-order valence-corrected chi connectivity index (χ3v) is 9.45. The largest absolute Gasteiger partial charge is 0.497 e. The van der Waals surface area contributed by atoms with Crippen molar-refractivity contribution in [3.63, 3.8) is 0 Å². The third-order valence-electron chi connectivity index (χ3n) is 9.45. The van der Waals surface area contributed by atoms with Crippen LogP contribution >= 0.6 is 0 Å². The van der Waals surface area contributed by atoms with E-state index in [-0.39, 0.29) is 0 Å². The molecule has 0 spiro atoms. The van der Waals surface area contributed by atoms with Crippen LogP contribution in [0.1, 0.15) is 46.8 Å². The lowest BCUT2D eigenvalue weighted by molar-refractivity contribution is 0.0599. The monoisotopic (exact) mass is 704 g/mol. The van der Waals surface area contributed by atoms with Gasteiger partial charge in [-0.05, 0) is 61.9 Å². The maximum atomic E-state index is 13.3. The van der Waals surface area contributed by atoms with Crippen molar-refractivity contribution in [1.82, 2.24) is 0 Å². The van der Waals surface area contributed by atoms with E-state index in [1.54, 1.807) is 41.6 Å². The van der Waals surface area contributed by atoms with Crippen LogP contribution in [0.15, 0.2) is 91.0 Å². The Bertz CT molecular complexity index is 2020. The molecule has 52 heavy (non-hydrogen) atoms. The summed E-state index contributed by atoms with van der Waals surface area (Å²) in [6.45, 7) is 5.94. The first kappa shape index (κ1) is 35.8. The highest BCUT2D eigenvalue weighted by Gasteiger charge is 2.35. The van der Waals surface area contributed by atoms with Gasteiger partial charge in [-0.15, -0.1) is 0 Å². The number of anilines is 4. The fourth-order valence-corrected chi connectivity index (χ4v) is 6.85. The van der Waals surface area contributed by atoms with Gasteiger partial charge in [0.05, 0.1) is 65.3 Å². The van der Waals surface area contributed by atoms with Crippen molar-refractivity contribution >= 4 is 28.7 Å². The molecule has 5 aromatic rings. The van der Waals surface area contributed by atoms with Crippen LogP contribution in [0.25, 0.3) is 0 Å². The number of methoxy groups -OCH3 is 6. The van der Waals surface area contributed by atoms with E-state index in [0.29, 0.717) is 62.9 Å². The minimum Gasteiger partial charge on any atom is -0.497 e. The molecule has 1 aliphatic heterocycles. The number of ether oxygens (including phenoxy) is 7. The highest BCUT2D eigenvalue weighted by atomic mass is 16.5. The summed E-state index contributed by atoms with van der Waals surface area (Å²) in [5.74, 6) is 3.34. The highest BCUT2D eigenvalue weighted by Crippen LogP contribution is 2.55. The van der Waals surface area contributed by atoms with E-state index in [9.17, 15) is 4.79 Å². The second-order valence-corrected chi connectivity index (χ2v) is 12.0. The van der Waals surface area contributed by atoms with Crippen LogP contribution < -0.4 is 38.2 Å². The average molecular weight is 705 g/mol. The zero-order valence-corrected chi connectivity index (χ0v) is 30.8. The average Bonchev–Trinajstić information content (AvgIpc) is 3.20. The van der Waals surface area contributed by atoms with Crippen molar-refractivity contribution in [1.29, 1.82) is 0 Å². The Hall–Kier alpha value is -6.03. The molecule has 0 amide bonds. The summed E-state index contributed by atoms with van der Waals surface area (Å²) in [6, 6.07) is 29.0. The van der Waals surface area contributed by atoms with Gasteiger partial charge in [0.1, 0.15) is 40.2 Å². The molecule has 0 saturated carbocycles. The Morgan fingerprint density at radius 2 is 1.17 bits per heavy atom. The Balaban J connectivity index is 1.67. The maximum Gasteiger partial charge on any atom is 0.338 e. The summed E-state index contributed by atoms with van der Waals surface area (Å²) in [7, 11) is 9.47. The molecule has 0 fully saturated rings. The summed E-state index contributed by atoms with van der Waals surface area (Å²) in [6.07, 6.45) is 0. The first-order valence-electron chi connectivity index (χ1n) is 17.0. The first-order chi connectivity index (χ1) is 25.3. The van der Waals surface area contributed by atoms with Crippen molar-refractivity contribution in [2.45, 2.75) is 19.8 Å². The zero-order chi connectivity index (χ0) is 36.9. The van der Waals surface area contributed by atoms with Crippen molar-refractivity contribution in [3.8, 4) is 40.2 Å². The lowest BCUT2D eigenvalue weighted by Gasteiger charge is -2.34. The van der Waals surface area contributed by atoms with Crippen LogP contribution in [-0.2, 0) is 4.74 Å². The van der Waals surface area contributed by atoms with Crippen LogP contribution in [0.4, 0.5) is 22.7 Å². The van der Waals surface area contributed by atoms with E-state index in [1.165, 1.54) is 7.11 Å². The molecule has 1 atom stereocenters. The van der Waals surface area contributed by atoms with E-state index in [1.807, 2.05) is 71.6 Å². The molecule has 10 nitrogen and oxygen atoms in total. The Labute approximate surface area is 305 Å². The lowest BCUT2D eigenvalue weighted by Crippen LogP contribution is -2.22. The van der Waals surface area contributed by atoms with Crippen LogP contribution in [0.5, 0.6) is 40.2 Å². The summed E-state index contributed by atoms with van der Waals surface area (Å²) in [5.41, 5.74) is 6.06. The van der Waals surface area contributed by atoms with Crippen molar-refractivity contribution < 1.29 is 38.0 Å². The Morgan fingerprint density at radius 1 is 0.596 bits per heavy atom. The van der Waals surface area contributed by atoms with Gasteiger partial charge in [0.25, 0.3) is 0 Å². The van der Waals surface area contributed by atoms with E-state index >= 15 is 0 Å². The molecular weight excluding hydrogens is 660 g/mol. The predicted octanol–water partition coefficient (Wildman–Crippen LogP) is 9.12. The first-order valence-corrected chi connectivity index (χ1v) is 17.0. The Kier molecular flexibility index (Phi) is 10.6. The van der Waals surface area contributed by atoms with Crippen LogP contribution in [0.2, 0.25) is 0 Å². The van der Waals surface area contributed by atoms with Gasteiger partial charge in [0.15, 0.2) is 0 Å². The normalized spacial score (nSPS) is 12.8. The van der Waals surface area contributed by atoms with E-state index in [2.05, 4.69) is 36.9 Å². The molecule has 0 aliphatic carbocycles. The standard InChI is InChI=1S/C42H44N2O8/c1-9-43(10-2)26-15-18-31-36(21-26)52-37-25-40(50-7)35(24-32(37)41(31)29-13-11-12-14-30(29)42(45)51-8)44(33-19-16-27(46-3)22-38(33)48-5)34-20-17-28(47-4)23-39(34)49-6/h11-25,41H,9-10H2,1-8H3. The fraction of sp³-hybridized carbons (Fsp3) is 0.262. The molecule has 270 valence electrons. The molecule has 0 N–H and O–H groups in total. The minimum atomic E-state index is -0.425. The fourth-order valence-electron chi connectivity index (χ4n) is 6.85. The summed E-state index contributed by atoms with van der Waals surface area (Å²) in [5, 5.41) is 0. The molecule has 10 heteroatoms. The molecule has 0 aromatic heterocycles. The summed E-state index contributed by atoms with van der Waals surface area (Å²) < 4.78 is 41.2. The molecule has 0 radical (unpaired) electrons. The molecule has 6 rings (SSSR count). The van der Waals surface area contributed by atoms with Crippen molar-refractivity contribution in [3.05, 3.63) is 113 Å². The lowest BCUT2D eigenvalue weighted by atomic mass is 9.80. The number of benzene rings is 5. The van der Waals surface area contributed by atoms with Crippen LogP contribution in [0, 0.1) is 0 Å². The molecule has 1 unspecified atom stereocenters. The Morgan fingerprint density at radius 3 is 1.73 bits per heavy atom. The summed E-state index contributed by atoms with van der Waals surface area (Å²) >= 11 is 0. The number of esters is 1. The minimum absolute atomic E-state index is 0.415. The van der Waals surface area contributed by atoms with E-state index < -0.39 is 11.9 Å². The highest BCUT2D eigenvalue weighted by molar-refractivity contribution is 5.92. The molecule has 0 bridgehead atoms. The molecular formula is C42H44N2O8. The van der Waals surface area contributed by atoms with Gasteiger partial charge in [0, 0.05) is 60.1 Å². The number of hydrogen-bond acceptors (Lipinski definition) is 10.